The summed E-state index contributed by atoms with van der Waals surface area (Å²) >= 11 is 0. The van der Waals surface area contributed by atoms with Crippen LogP contribution in [-0.4, -0.2) is 44.9 Å². The Labute approximate surface area is 160 Å². The molecule has 146 valence electrons. The molecule has 0 aliphatic carbocycles. The van der Waals surface area contributed by atoms with Crippen molar-refractivity contribution in [3.05, 3.63) is 47.8 Å². The molecule has 2 aromatic rings. The molecular weight excluding hydrogens is 345 g/mol. The summed E-state index contributed by atoms with van der Waals surface area (Å²) in [7, 11) is 3.25. The molecule has 1 saturated heterocycles. The van der Waals surface area contributed by atoms with Crippen LogP contribution >= 0.6 is 0 Å². The smallest absolute Gasteiger partial charge is 0.165 e. The lowest BCUT2D eigenvalue weighted by Gasteiger charge is -2.32. The topological polar surface area (TPSA) is 30.9 Å². The Morgan fingerprint density at radius 2 is 1.93 bits per heavy atom. The second-order valence-corrected chi connectivity index (χ2v) is 6.85. The zero-order valence-electron chi connectivity index (χ0n) is 16.3. The zero-order chi connectivity index (χ0) is 19.2. The minimum Gasteiger partial charge on any atom is -0.494 e. The highest BCUT2D eigenvalue weighted by molar-refractivity contribution is 5.72. The van der Waals surface area contributed by atoms with Gasteiger partial charge in [-0.2, -0.15) is 0 Å². The number of rotatable bonds is 7. The number of piperidine rings is 1. The van der Waals surface area contributed by atoms with Crippen LogP contribution in [0.1, 0.15) is 25.3 Å². The minimum absolute atomic E-state index is 0.242. The van der Waals surface area contributed by atoms with Gasteiger partial charge in [-0.05, 0) is 61.7 Å². The Morgan fingerprint density at radius 3 is 2.63 bits per heavy atom. The molecule has 0 saturated carbocycles. The summed E-state index contributed by atoms with van der Waals surface area (Å²) in [6.45, 7) is 5.37. The Balaban J connectivity index is 1.87. The molecule has 0 amide bonds. The van der Waals surface area contributed by atoms with Crippen molar-refractivity contribution in [1.82, 2.24) is 4.90 Å². The lowest BCUT2D eigenvalue weighted by molar-refractivity contribution is 0.0285. The number of nitrogens with zero attached hydrogens (tertiary/aromatic N) is 1. The normalized spacial score (nSPS) is 17.7. The molecule has 1 atom stereocenters. The monoisotopic (exact) mass is 373 g/mol. The van der Waals surface area contributed by atoms with Crippen LogP contribution in [-0.2, 0) is 11.3 Å². The quantitative estimate of drug-likeness (QED) is 0.714. The van der Waals surface area contributed by atoms with Crippen LogP contribution in [0.4, 0.5) is 4.39 Å². The van der Waals surface area contributed by atoms with Crippen molar-refractivity contribution in [2.45, 2.75) is 32.4 Å². The van der Waals surface area contributed by atoms with Gasteiger partial charge in [0.05, 0.1) is 19.8 Å². The van der Waals surface area contributed by atoms with E-state index in [2.05, 4.69) is 17.0 Å². The SMILES string of the molecule is CCOc1ccc(CN2CCCC(OC)C2)cc1-c1ccc(OC)c(F)c1. The van der Waals surface area contributed by atoms with Crippen LogP contribution in [0.5, 0.6) is 11.5 Å². The van der Waals surface area contributed by atoms with Crippen molar-refractivity contribution in [2.24, 2.45) is 0 Å². The number of hydrogen-bond acceptors (Lipinski definition) is 4. The molecule has 27 heavy (non-hydrogen) atoms. The van der Waals surface area contributed by atoms with Crippen LogP contribution in [0.25, 0.3) is 11.1 Å². The van der Waals surface area contributed by atoms with Crippen LogP contribution in [0.15, 0.2) is 36.4 Å². The van der Waals surface area contributed by atoms with E-state index in [0.29, 0.717) is 12.7 Å². The number of likely N-dealkylation sites (tertiary alicyclic amines) is 1. The maximum absolute atomic E-state index is 14.2. The lowest BCUT2D eigenvalue weighted by Crippen LogP contribution is -2.38. The minimum atomic E-state index is -0.373. The summed E-state index contributed by atoms with van der Waals surface area (Å²) in [6.07, 6.45) is 2.57. The molecule has 1 aliphatic heterocycles. The van der Waals surface area contributed by atoms with Crippen LogP contribution in [0.2, 0.25) is 0 Å². The Hall–Kier alpha value is -2.11. The van der Waals surface area contributed by atoms with E-state index >= 15 is 0 Å². The number of halogens is 1. The average Bonchev–Trinajstić information content (AvgIpc) is 2.69. The summed E-state index contributed by atoms with van der Waals surface area (Å²) in [4.78, 5) is 2.41. The van der Waals surface area contributed by atoms with E-state index in [0.717, 1.165) is 49.4 Å². The van der Waals surface area contributed by atoms with E-state index < -0.39 is 0 Å². The lowest BCUT2D eigenvalue weighted by atomic mass is 10.0. The second-order valence-electron chi connectivity index (χ2n) is 6.85. The highest BCUT2D eigenvalue weighted by Gasteiger charge is 2.20. The number of benzene rings is 2. The first-order valence-electron chi connectivity index (χ1n) is 9.49. The van der Waals surface area contributed by atoms with Gasteiger partial charge < -0.3 is 14.2 Å². The van der Waals surface area contributed by atoms with Gasteiger partial charge in [0.25, 0.3) is 0 Å². The molecule has 5 heteroatoms. The van der Waals surface area contributed by atoms with Gasteiger partial charge >= 0.3 is 0 Å². The van der Waals surface area contributed by atoms with Gasteiger partial charge in [0, 0.05) is 25.8 Å². The molecule has 1 heterocycles. The van der Waals surface area contributed by atoms with Gasteiger partial charge in [0.2, 0.25) is 0 Å². The molecule has 0 bridgehead atoms. The van der Waals surface area contributed by atoms with Crippen molar-refractivity contribution in [3.63, 3.8) is 0 Å². The van der Waals surface area contributed by atoms with E-state index in [4.69, 9.17) is 14.2 Å². The standard InChI is InChI=1S/C22H28FNO3/c1-4-27-21-9-7-16(14-24-11-5-6-18(15-24)25-2)12-19(21)17-8-10-22(26-3)20(23)13-17/h7-10,12-13,18H,4-6,11,14-15H2,1-3H3. The molecule has 1 aliphatic rings. The Kier molecular flexibility index (Phi) is 6.69. The Morgan fingerprint density at radius 1 is 1.11 bits per heavy atom. The van der Waals surface area contributed by atoms with E-state index in [9.17, 15) is 4.39 Å². The molecule has 0 aromatic heterocycles. The van der Waals surface area contributed by atoms with Crippen molar-refractivity contribution in [1.29, 1.82) is 0 Å². The highest BCUT2D eigenvalue weighted by atomic mass is 19.1. The van der Waals surface area contributed by atoms with Crippen LogP contribution in [0, 0.1) is 5.82 Å². The molecule has 0 radical (unpaired) electrons. The Bertz CT molecular complexity index is 765. The van der Waals surface area contributed by atoms with Crippen molar-refractivity contribution in [2.75, 3.05) is 33.9 Å². The van der Waals surface area contributed by atoms with Crippen molar-refractivity contribution in [3.8, 4) is 22.6 Å². The highest BCUT2D eigenvalue weighted by Crippen LogP contribution is 2.34. The predicted octanol–water partition coefficient (Wildman–Crippen LogP) is 4.51. The van der Waals surface area contributed by atoms with Crippen LogP contribution in [0.3, 0.4) is 0 Å². The van der Waals surface area contributed by atoms with E-state index in [-0.39, 0.29) is 11.6 Å². The fourth-order valence-electron chi connectivity index (χ4n) is 3.62. The summed E-state index contributed by atoms with van der Waals surface area (Å²) in [6, 6.07) is 11.2. The molecule has 4 nitrogen and oxygen atoms in total. The van der Waals surface area contributed by atoms with Gasteiger partial charge in [0.15, 0.2) is 11.6 Å². The van der Waals surface area contributed by atoms with Gasteiger partial charge in [-0.3, -0.25) is 4.90 Å². The maximum Gasteiger partial charge on any atom is 0.165 e. The third kappa shape index (κ3) is 4.79. The van der Waals surface area contributed by atoms with Gasteiger partial charge in [-0.1, -0.05) is 12.1 Å². The zero-order valence-corrected chi connectivity index (χ0v) is 16.3. The molecule has 1 unspecified atom stereocenters. The summed E-state index contributed by atoms with van der Waals surface area (Å²) in [5.74, 6) is 0.632. The third-order valence-electron chi connectivity index (χ3n) is 5.01. The predicted molar refractivity (Wildman–Crippen MR) is 105 cm³/mol. The first-order chi connectivity index (χ1) is 13.1. The molecule has 3 rings (SSSR count). The van der Waals surface area contributed by atoms with E-state index in [1.54, 1.807) is 13.2 Å². The number of hydrogen-bond donors (Lipinski definition) is 0. The summed E-state index contributed by atoms with van der Waals surface area (Å²) in [5, 5.41) is 0. The van der Waals surface area contributed by atoms with Crippen molar-refractivity contribution < 1.29 is 18.6 Å². The third-order valence-corrected chi connectivity index (χ3v) is 5.01. The molecule has 1 fully saturated rings. The fraction of sp³-hybridized carbons (Fsp3) is 0.455. The molecule has 2 aromatic carbocycles. The maximum atomic E-state index is 14.2. The number of methoxy groups -OCH3 is 2. The fourth-order valence-corrected chi connectivity index (χ4v) is 3.62. The van der Waals surface area contributed by atoms with E-state index in [1.807, 2.05) is 19.1 Å². The molecule has 0 spiro atoms. The first-order valence-corrected chi connectivity index (χ1v) is 9.49. The van der Waals surface area contributed by atoms with E-state index in [1.165, 1.54) is 18.7 Å². The number of ether oxygens (including phenoxy) is 3. The van der Waals surface area contributed by atoms with Gasteiger partial charge in [0.1, 0.15) is 5.75 Å². The summed E-state index contributed by atoms with van der Waals surface area (Å²) in [5.41, 5.74) is 2.87. The first kappa shape index (κ1) is 19.6. The summed E-state index contributed by atoms with van der Waals surface area (Å²) < 4.78 is 30.6. The largest absolute Gasteiger partial charge is 0.494 e. The van der Waals surface area contributed by atoms with Crippen molar-refractivity contribution >= 4 is 0 Å². The average molecular weight is 373 g/mol. The van der Waals surface area contributed by atoms with Crippen LogP contribution < -0.4 is 9.47 Å². The molecular formula is C22H28FNO3. The van der Waals surface area contributed by atoms with Gasteiger partial charge in [-0.15, -0.1) is 0 Å². The van der Waals surface area contributed by atoms with Gasteiger partial charge in [-0.25, -0.2) is 4.39 Å². The molecule has 0 N–H and O–H groups in total. The second kappa shape index (κ2) is 9.20.